The fraction of sp³-hybridized carbons (Fsp3) is 0.0625. The second kappa shape index (κ2) is 5.91. The number of ketones is 1. The molecule has 2 aromatic rings. The highest BCUT2D eigenvalue weighted by molar-refractivity contribution is 6.29. The van der Waals surface area contributed by atoms with E-state index in [9.17, 15) is 22.4 Å². The molecule has 108 valence electrons. The van der Waals surface area contributed by atoms with E-state index in [0.717, 1.165) is 24.3 Å². The lowest BCUT2D eigenvalue weighted by Gasteiger charge is -2.09. The van der Waals surface area contributed by atoms with Crippen molar-refractivity contribution < 1.29 is 22.4 Å². The van der Waals surface area contributed by atoms with Gasteiger partial charge in [-0.1, -0.05) is 42.5 Å². The number of carbonyl (C=O) groups is 1. The number of hydrogen-bond donors (Lipinski definition) is 0. The van der Waals surface area contributed by atoms with Crippen molar-refractivity contribution >= 4 is 11.4 Å². The van der Waals surface area contributed by atoms with Gasteiger partial charge in [-0.3, -0.25) is 4.79 Å². The van der Waals surface area contributed by atoms with Crippen molar-refractivity contribution in [2.75, 3.05) is 0 Å². The molecular weight excluding hydrogens is 284 g/mol. The van der Waals surface area contributed by atoms with Gasteiger partial charge in [0.2, 0.25) is 0 Å². The lowest BCUT2D eigenvalue weighted by atomic mass is 9.96. The Morgan fingerprint density at radius 2 is 1.43 bits per heavy atom. The molecule has 0 spiro atoms. The Hall–Kier alpha value is -2.43. The lowest BCUT2D eigenvalue weighted by molar-refractivity contribution is -0.0793. The zero-order chi connectivity index (χ0) is 15.5. The minimum absolute atomic E-state index is 0.0163. The van der Waals surface area contributed by atoms with Gasteiger partial charge in [-0.15, -0.1) is 0 Å². The summed E-state index contributed by atoms with van der Waals surface area (Å²) >= 11 is 0. The van der Waals surface area contributed by atoms with Crippen molar-refractivity contribution in [2.24, 2.45) is 0 Å². The molecule has 0 amide bonds. The molecule has 0 aromatic heterocycles. The second-order valence-corrected chi connectivity index (χ2v) is 4.30. The van der Waals surface area contributed by atoms with Crippen LogP contribution in [0.15, 0.2) is 60.7 Å². The van der Waals surface area contributed by atoms with E-state index in [1.165, 1.54) is 12.1 Å². The largest absolute Gasteiger partial charge is 0.410 e. The monoisotopic (exact) mass is 294 g/mol. The number of allylic oxidation sites excluding steroid dienone is 2. The van der Waals surface area contributed by atoms with E-state index in [-0.39, 0.29) is 17.2 Å². The third-order valence-electron chi connectivity index (χ3n) is 2.74. The van der Waals surface area contributed by atoms with Crippen molar-refractivity contribution in [3.8, 4) is 0 Å². The molecule has 2 rings (SSSR count). The molecular formula is C16H10F4O. The zero-order valence-electron chi connectivity index (χ0n) is 10.7. The molecule has 1 nitrogen and oxygen atoms in total. The highest BCUT2D eigenvalue weighted by atomic mass is 19.4. The summed E-state index contributed by atoms with van der Waals surface area (Å²) in [6, 6.07) is 11.9. The van der Waals surface area contributed by atoms with Crippen molar-refractivity contribution in [3.05, 3.63) is 77.6 Å². The summed E-state index contributed by atoms with van der Waals surface area (Å²) in [7, 11) is 0. The lowest BCUT2D eigenvalue weighted by Crippen LogP contribution is -2.09. The number of halogens is 4. The molecule has 0 N–H and O–H groups in total. The minimum Gasteiger partial charge on any atom is -0.289 e. The number of alkyl halides is 3. The van der Waals surface area contributed by atoms with Gasteiger partial charge in [-0.2, -0.15) is 13.2 Å². The Labute approximate surface area is 118 Å². The predicted octanol–water partition coefficient (Wildman–Crippen LogP) is 4.65. The molecule has 0 aliphatic carbocycles. The van der Waals surface area contributed by atoms with Crippen LogP contribution in [0.2, 0.25) is 0 Å². The molecule has 0 aliphatic rings. The number of Topliss-reactive ketones (excluding diaryl/α,β-unsaturated/α-hetero) is 1. The Kier molecular flexibility index (Phi) is 4.21. The number of carbonyl (C=O) groups excluding carboxylic acids is 1. The molecule has 2 aromatic carbocycles. The standard InChI is InChI=1S/C16H10F4O/c17-13-8-6-11(7-9-13)14(10-16(18,19)20)15(21)12-4-2-1-3-5-12/h1-10H/b14-10+. The molecule has 0 fully saturated rings. The number of benzene rings is 2. The molecule has 0 unspecified atom stereocenters. The molecule has 0 saturated heterocycles. The van der Waals surface area contributed by atoms with Crippen LogP contribution in [-0.4, -0.2) is 12.0 Å². The molecule has 0 atom stereocenters. The Bertz CT molecular complexity index is 655. The van der Waals surface area contributed by atoms with Crippen molar-refractivity contribution in [2.45, 2.75) is 6.18 Å². The Morgan fingerprint density at radius 1 is 0.857 bits per heavy atom. The summed E-state index contributed by atoms with van der Waals surface area (Å²) in [5.74, 6) is -1.35. The highest BCUT2D eigenvalue weighted by Crippen LogP contribution is 2.27. The average molecular weight is 294 g/mol. The Balaban J connectivity index is 2.50. The van der Waals surface area contributed by atoms with Crippen LogP contribution in [0.1, 0.15) is 15.9 Å². The van der Waals surface area contributed by atoms with Gasteiger partial charge in [0.05, 0.1) is 0 Å². The van der Waals surface area contributed by atoms with Crippen LogP contribution < -0.4 is 0 Å². The molecule has 0 heterocycles. The number of hydrogen-bond acceptors (Lipinski definition) is 1. The average Bonchev–Trinajstić information content (AvgIpc) is 2.45. The van der Waals surface area contributed by atoms with Crippen LogP contribution in [-0.2, 0) is 0 Å². The molecule has 0 aliphatic heterocycles. The maximum Gasteiger partial charge on any atom is 0.410 e. The first kappa shape index (κ1) is 15.0. The quantitative estimate of drug-likeness (QED) is 0.457. The maximum atomic E-state index is 12.9. The van der Waals surface area contributed by atoms with E-state index in [1.54, 1.807) is 18.2 Å². The molecule has 0 saturated carbocycles. The van der Waals surface area contributed by atoms with Gasteiger partial charge < -0.3 is 0 Å². The first-order valence-corrected chi connectivity index (χ1v) is 6.02. The van der Waals surface area contributed by atoms with Gasteiger partial charge in [0.15, 0.2) is 5.78 Å². The summed E-state index contributed by atoms with van der Waals surface area (Å²) in [6.07, 6.45) is -4.70. The van der Waals surface area contributed by atoms with Gasteiger partial charge in [0.25, 0.3) is 0 Å². The van der Waals surface area contributed by atoms with E-state index in [4.69, 9.17) is 0 Å². The summed E-state index contributed by atoms with van der Waals surface area (Å²) in [4.78, 5) is 12.2. The van der Waals surface area contributed by atoms with Crippen LogP contribution >= 0.6 is 0 Å². The van der Waals surface area contributed by atoms with Crippen molar-refractivity contribution in [3.63, 3.8) is 0 Å². The van der Waals surface area contributed by atoms with Crippen molar-refractivity contribution in [1.29, 1.82) is 0 Å². The first-order valence-electron chi connectivity index (χ1n) is 6.02. The molecule has 0 bridgehead atoms. The zero-order valence-corrected chi connectivity index (χ0v) is 10.7. The van der Waals surface area contributed by atoms with E-state index in [1.807, 2.05) is 0 Å². The SMILES string of the molecule is O=C(/C(=C/C(F)(F)F)c1ccc(F)cc1)c1ccccc1. The molecule has 5 heteroatoms. The summed E-state index contributed by atoms with van der Waals surface area (Å²) in [5.41, 5.74) is -0.367. The van der Waals surface area contributed by atoms with Gasteiger partial charge in [0.1, 0.15) is 5.82 Å². The fourth-order valence-electron chi connectivity index (χ4n) is 1.82. The summed E-state index contributed by atoms with van der Waals surface area (Å²) in [6.45, 7) is 0. The third-order valence-corrected chi connectivity index (χ3v) is 2.74. The van der Waals surface area contributed by atoms with Gasteiger partial charge in [0, 0.05) is 17.2 Å². The van der Waals surface area contributed by atoms with Gasteiger partial charge in [-0.05, 0) is 17.7 Å². The smallest absolute Gasteiger partial charge is 0.289 e. The Morgan fingerprint density at radius 3 is 1.95 bits per heavy atom. The topological polar surface area (TPSA) is 17.1 Å². The van der Waals surface area contributed by atoms with E-state index in [2.05, 4.69) is 0 Å². The van der Waals surface area contributed by atoms with Crippen LogP contribution in [0.4, 0.5) is 17.6 Å². The minimum atomic E-state index is -4.64. The van der Waals surface area contributed by atoms with Crippen LogP contribution in [0.3, 0.4) is 0 Å². The van der Waals surface area contributed by atoms with E-state index < -0.39 is 23.3 Å². The summed E-state index contributed by atoms with van der Waals surface area (Å²) in [5, 5.41) is 0. The second-order valence-electron chi connectivity index (χ2n) is 4.30. The fourth-order valence-corrected chi connectivity index (χ4v) is 1.82. The van der Waals surface area contributed by atoms with Gasteiger partial charge >= 0.3 is 6.18 Å². The van der Waals surface area contributed by atoms with Gasteiger partial charge in [-0.25, -0.2) is 4.39 Å². The van der Waals surface area contributed by atoms with Crippen molar-refractivity contribution in [1.82, 2.24) is 0 Å². The summed E-state index contributed by atoms with van der Waals surface area (Å²) < 4.78 is 50.8. The number of rotatable bonds is 3. The third kappa shape index (κ3) is 4.02. The normalized spacial score (nSPS) is 12.3. The molecule has 0 radical (unpaired) electrons. The van der Waals surface area contributed by atoms with E-state index in [0.29, 0.717) is 0 Å². The van der Waals surface area contributed by atoms with Crippen LogP contribution in [0.25, 0.3) is 5.57 Å². The van der Waals surface area contributed by atoms with Crippen LogP contribution in [0.5, 0.6) is 0 Å². The van der Waals surface area contributed by atoms with Crippen LogP contribution in [0, 0.1) is 5.82 Å². The first-order chi connectivity index (χ1) is 9.87. The predicted molar refractivity (Wildman–Crippen MR) is 71.2 cm³/mol. The molecule has 21 heavy (non-hydrogen) atoms. The highest BCUT2D eigenvalue weighted by Gasteiger charge is 2.28. The maximum absolute atomic E-state index is 12.9. The van der Waals surface area contributed by atoms with E-state index >= 15 is 0 Å².